The summed E-state index contributed by atoms with van der Waals surface area (Å²) in [6.07, 6.45) is -3.02. The zero-order valence-electron chi connectivity index (χ0n) is 18.9. The summed E-state index contributed by atoms with van der Waals surface area (Å²) in [5.74, 6) is -0.829. The average Bonchev–Trinajstić information content (AvgIpc) is 2.83. The lowest BCUT2D eigenvalue weighted by Gasteiger charge is -2.38. The molecule has 0 fully saturated rings. The molecule has 0 saturated carbocycles. The second-order valence-corrected chi connectivity index (χ2v) is 8.48. The van der Waals surface area contributed by atoms with Crippen LogP contribution in [0.5, 0.6) is 5.88 Å². The molecule has 0 radical (unpaired) electrons. The van der Waals surface area contributed by atoms with Gasteiger partial charge in [-0.3, -0.25) is 9.69 Å². The predicted molar refractivity (Wildman–Crippen MR) is 133 cm³/mol. The van der Waals surface area contributed by atoms with Crippen LogP contribution in [0.2, 0.25) is 0 Å². The van der Waals surface area contributed by atoms with Crippen molar-refractivity contribution in [2.24, 2.45) is 5.73 Å². The van der Waals surface area contributed by atoms with Crippen molar-refractivity contribution < 1.29 is 27.1 Å². The van der Waals surface area contributed by atoms with E-state index in [1.54, 1.807) is 11.0 Å². The largest absolute Gasteiger partial charge is 0.481 e. The summed E-state index contributed by atoms with van der Waals surface area (Å²) >= 11 is 3.31. The van der Waals surface area contributed by atoms with E-state index in [0.717, 1.165) is 6.07 Å². The van der Waals surface area contributed by atoms with Crippen molar-refractivity contribution in [2.75, 3.05) is 30.1 Å². The predicted octanol–water partition coefficient (Wildman–Crippen LogP) is 5.47. The molecule has 1 aliphatic rings. The molecule has 0 bridgehead atoms. The Kier molecular flexibility index (Phi) is 8.42. The number of rotatable bonds is 6. The van der Waals surface area contributed by atoms with Gasteiger partial charge in [0.1, 0.15) is 22.9 Å². The molecular weight excluding hydrogens is 570 g/mol. The smallest absolute Gasteiger partial charge is 0.417 e. The summed E-state index contributed by atoms with van der Waals surface area (Å²) < 4.78 is 59.8. The fourth-order valence-electron chi connectivity index (χ4n) is 3.81. The second kappa shape index (κ2) is 11.0. The van der Waals surface area contributed by atoms with Gasteiger partial charge in [-0.05, 0) is 71.2 Å². The van der Waals surface area contributed by atoms with Crippen LogP contribution in [0.1, 0.15) is 27.9 Å². The number of fused-ring (bicyclic) bond motifs is 1. The molecule has 36 heavy (non-hydrogen) atoms. The van der Waals surface area contributed by atoms with Crippen molar-refractivity contribution in [2.45, 2.75) is 19.0 Å². The van der Waals surface area contributed by atoms with E-state index in [0.29, 0.717) is 42.5 Å². The van der Waals surface area contributed by atoms with E-state index in [-0.39, 0.29) is 40.9 Å². The Bertz CT molecular complexity index is 1280. The van der Waals surface area contributed by atoms with Crippen LogP contribution in [0.15, 0.2) is 47.2 Å². The quantitative estimate of drug-likeness (QED) is 0.303. The van der Waals surface area contributed by atoms with Crippen molar-refractivity contribution >= 4 is 51.4 Å². The number of aromatic nitrogens is 2. The highest BCUT2D eigenvalue weighted by Crippen LogP contribution is 2.40. The second-order valence-electron chi connectivity index (χ2n) is 7.72. The van der Waals surface area contributed by atoms with Gasteiger partial charge in [0.15, 0.2) is 0 Å². The lowest BCUT2D eigenvalue weighted by molar-refractivity contribution is -0.137. The number of pyridine rings is 2. The number of aryl methyl sites for hydroxylation is 1. The molecule has 1 aromatic carbocycles. The third-order valence-electron chi connectivity index (χ3n) is 5.49. The molecule has 1 amide bonds. The molecule has 1 aliphatic heterocycles. The molecule has 192 valence electrons. The van der Waals surface area contributed by atoms with E-state index in [9.17, 15) is 22.4 Å². The first-order valence-electron chi connectivity index (χ1n) is 10.5. The van der Waals surface area contributed by atoms with Crippen molar-refractivity contribution in [1.29, 1.82) is 0 Å². The summed E-state index contributed by atoms with van der Waals surface area (Å²) in [7, 11) is 1.43. The number of carbonyl (C=O) groups is 1. The van der Waals surface area contributed by atoms with Gasteiger partial charge in [0.25, 0.3) is 5.91 Å². The summed E-state index contributed by atoms with van der Waals surface area (Å²) in [6, 6.07) is 7.98. The molecule has 0 aliphatic carbocycles. The van der Waals surface area contributed by atoms with E-state index in [4.69, 9.17) is 10.5 Å². The van der Waals surface area contributed by atoms with Crippen LogP contribution in [0.4, 0.5) is 34.8 Å². The van der Waals surface area contributed by atoms with Crippen LogP contribution in [0, 0.1) is 5.82 Å². The highest BCUT2D eigenvalue weighted by Gasteiger charge is 2.38. The minimum absolute atomic E-state index is 0. The van der Waals surface area contributed by atoms with Gasteiger partial charge < -0.3 is 15.4 Å². The molecule has 13 heteroatoms. The van der Waals surface area contributed by atoms with Crippen molar-refractivity contribution in [1.82, 2.24) is 9.97 Å². The number of hydrogen-bond donors (Lipinski definition) is 1. The Labute approximate surface area is 218 Å². The fraction of sp³-hybridized carbons (Fsp3) is 0.261. The average molecular weight is 591 g/mol. The van der Waals surface area contributed by atoms with Gasteiger partial charge in [-0.25, -0.2) is 14.4 Å². The van der Waals surface area contributed by atoms with Crippen LogP contribution in [0.3, 0.4) is 0 Å². The number of methoxy groups -OCH3 is 1. The molecule has 4 rings (SSSR count). The van der Waals surface area contributed by atoms with E-state index >= 15 is 0 Å². The van der Waals surface area contributed by atoms with E-state index in [1.165, 1.54) is 36.3 Å². The maximum atomic E-state index is 14.1. The molecule has 0 unspecified atom stereocenters. The number of anilines is 3. The Morgan fingerprint density at radius 3 is 2.50 bits per heavy atom. The van der Waals surface area contributed by atoms with Gasteiger partial charge in [-0.15, -0.1) is 12.4 Å². The minimum atomic E-state index is -4.69. The number of halogens is 6. The number of nitrogens with two attached hydrogens (primary N) is 1. The lowest BCUT2D eigenvalue weighted by Crippen LogP contribution is -2.46. The van der Waals surface area contributed by atoms with Crippen LogP contribution in [-0.4, -0.2) is 36.2 Å². The molecule has 2 aromatic heterocycles. The summed E-state index contributed by atoms with van der Waals surface area (Å²) in [6.45, 7) is 0.271. The summed E-state index contributed by atoms with van der Waals surface area (Å²) in [4.78, 5) is 24.5. The topological polar surface area (TPSA) is 84.6 Å². The molecule has 2 N–H and O–H groups in total. The van der Waals surface area contributed by atoms with Crippen molar-refractivity contribution in [3.05, 3.63) is 69.7 Å². The van der Waals surface area contributed by atoms with Gasteiger partial charge in [0, 0.05) is 18.0 Å². The molecule has 7 nitrogen and oxygen atoms in total. The zero-order chi connectivity index (χ0) is 25.3. The number of benzene rings is 1. The third-order valence-corrected chi connectivity index (χ3v) is 6.08. The van der Waals surface area contributed by atoms with Gasteiger partial charge in [0.05, 0.1) is 23.9 Å². The maximum absolute atomic E-state index is 14.1. The van der Waals surface area contributed by atoms with Crippen LogP contribution in [-0.2, 0) is 12.6 Å². The Hall–Kier alpha value is -2.96. The lowest BCUT2D eigenvalue weighted by atomic mass is 10.0. The molecule has 0 spiro atoms. The van der Waals surface area contributed by atoms with Crippen LogP contribution in [0.25, 0.3) is 0 Å². The Morgan fingerprint density at radius 1 is 1.14 bits per heavy atom. The van der Waals surface area contributed by atoms with E-state index in [1.807, 2.05) is 0 Å². The van der Waals surface area contributed by atoms with Crippen LogP contribution < -0.4 is 20.3 Å². The minimum Gasteiger partial charge on any atom is -0.481 e. The zero-order valence-corrected chi connectivity index (χ0v) is 21.3. The standard InChI is InChI=1S/C23H20BrF4N5O2.ClH/c1-35-19-7-6-18(20(24)31-19)33-12-32(17-5-4-15(25)9-13(17)3-2-8-29)21-16(22(33)34)10-14(11-30-21)23(26,27)28;/h4-7,9-11H,2-3,8,12,29H2,1H3;1H. The number of ether oxygens (including phenoxy) is 1. The van der Waals surface area contributed by atoms with Gasteiger partial charge in [0.2, 0.25) is 5.88 Å². The highest BCUT2D eigenvalue weighted by atomic mass is 79.9. The SMILES string of the molecule is COc1ccc(N2CN(c3ccc(F)cc3CCCN)c3ncc(C(F)(F)F)cc3C2=O)c(Br)n1.Cl. The first-order valence-corrected chi connectivity index (χ1v) is 11.3. The first kappa shape index (κ1) is 27.6. The Morgan fingerprint density at radius 2 is 1.86 bits per heavy atom. The van der Waals surface area contributed by atoms with Gasteiger partial charge in [-0.1, -0.05) is 0 Å². The molecule has 0 atom stereocenters. The third kappa shape index (κ3) is 5.40. The first-order chi connectivity index (χ1) is 16.6. The number of amides is 1. The molecular formula is C23H21BrClF4N5O2. The molecule has 3 heterocycles. The van der Waals surface area contributed by atoms with E-state index < -0.39 is 23.5 Å². The molecule has 0 saturated heterocycles. The fourth-order valence-corrected chi connectivity index (χ4v) is 4.34. The van der Waals surface area contributed by atoms with Gasteiger partial charge >= 0.3 is 6.18 Å². The van der Waals surface area contributed by atoms with E-state index in [2.05, 4.69) is 25.9 Å². The number of carbonyl (C=O) groups excluding carboxylic acids is 1. The number of alkyl halides is 3. The summed E-state index contributed by atoms with van der Waals surface area (Å²) in [5, 5.41) is 0. The normalized spacial score (nSPS) is 13.4. The Balaban J connectivity index is 0.00000361. The molecule has 3 aromatic rings. The van der Waals surface area contributed by atoms with Crippen LogP contribution >= 0.6 is 28.3 Å². The monoisotopic (exact) mass is 589 g/mol. The maximum Gasteiger partial charge on any atom is 0.417 e. The van der Waals surface area contributed by atoms with Crippen molar-refractivity contribution in [3.63, 3.8) is 0 Å². The van der Waals surface area contributed by atoms with Crippen molar-refractivity contribution in [3.8, 4) is 5.88 Å². The number of hydrogen-bond acceptors (Lipinski definition) is 6. The summed E-state index contributed by atoms with van der Waals surface area (Å²) in [5.41, 5.74) is 5.73. The number of nitrogens with zero attached hydrogens (tertiary/aromatic N) is 4. The van der Waals surface area contributed by atoms with Gasteiger partial charge in [-0.2, -0.15) is 13.2 Å². The highest BCUT2D eigenvalue weighted by molar-refractivity contribution is 9.10.